The quantitative estimate of drug-likeness (QED) is 0.757. The zero-order chi connectivity index (χ0) is 15.2. The molecule has 1 heterocycles. The van der Waals surface area contributed by atoms with Gasteiger partial charge in [0.1, 0.15) is 5.82 Å². The number of benzene rings is 1. The van der Waals surface area contributed by atoms with Crippen molar-refractivity contribution >= 4 is 21.9 Å². The normalized spacial score (nSPS) is 17.5. The fourth-order valence-electron chi connectivity index (χ4n) is 2.33. The first-order valence-electron chi connectivity index (χ1n) is 7.03. The number of ether oxygens (including phenoxy) is 2. The second kappa shape index (κ2) is 7.87. The van der Waals surface area contributed by atoms with E-state index in [4.69, 9.17) is 9.47 Å². The molecule has 6 heteroatoms. The zero-order valence-corrected chi connectivity index (χ0v) is 13.6. The Morgan fingerprint density at radius 3 is 2.81 bits per heavy atom. The Labute approximate surface area is 132 Å². The van der Waals surface area contributed by atoms with Gasteiger partial charge in [-0.15, -0.1) is 0 Å². The van der Waals surface area contributed by atoms with Crippen molar-refractivity contribution in [1.82, 2.24) is 4.90 Å². The van der Waals surface area contributed by atoms with E-state index in [1.165, 1.54) is 6.07 Å². The molecule has 21 heavy (non-hydrogen) atoms. The van der Waals surface area contributed by atoms with Crippen molar-refractivity contribution < 1.29 is 18.7 Å². The Bertz CT molecular complexity index is 492. The van der Waals surface area contributed by atoms with E-state index in [2.05, 4.69) is 20.8 Å². The lowest BCUT2D eigenvalue weighted by molar-refractivity contribution is -0.145. The second-order valence-corrected chi connectivity index (χ2v) is 5.75. The molecule has 1 saturated heterocycles. The Kier molecular flexibility index (Phi) is 6.14. The van der Waals surface area contributed by atoms with Crippen LogP contribution in [-0.2, 0) is 14.3 Å². The predicted octanol–water partition coefficient (Wildman–Crippen LogP) is 2.57. The van der Waals surface area contributed by atoms with Crippen LogP contribution in [0.1, 0.15) is 18.4 Å². The van der Waals surface area contributed by atoms with E-state index in [0.717, 1.165) is 13.1 Å². The van der Waals surface area contributed by atoms with Gasteiger partial charge < -0.3 is 9.47 Å². The number of hydrogen-bond donors (Lipinski definition) is 0. The fourth-order valence-corrected chi connectivity index (χ4v) is 2.58. The number of rotatable bonds is 5. The van der Waals surface area contributed by atoms with Gasteiger partial charge in [0.2, 0.25) is 0 Å². The molecule has 0 aliphatic carbocycles. The highest BCUT2D eigenvalue weighted by Crippen LogP contribution is 2.24. The van der Waals surface area contributed by atoms with E-state index in [1.807, 2.05) is 0 Å². The van der Waals surface area contributed by atoms with Crippen LogP contribution in [0.15, 0.2) is 22.7 Å². The van der Waals surface area contributed by atoms with Crippen molar-refractivity contribution in [3.8, 4) is 0 Å². The summed E-state index contributed by atoms with van der Waals surface area (Å²) in [6, 6.07) is 4.78. The number of carbonyl (C=O) groups excluding carboxylic acids is 1. The number of morpholine rings is 1. The van der Waals surface area contributed by atoms with Crippen LogP contribution in [0.3, 0.4) is 0 Å². The molecular weight excluding hydrogens is 341 g/mol. The van der Waals surface area contributed by atoms with E-state index < -0.39 is 5.92 Å². The van der Waals surface area contributed by atoms with Gasteiger partial charge in [-0.1, -0.05) is 6.07 Å². The summed E-state index contributed by atoms with van der Waals surface area (Å²) in [6.07, 6.45) is 0. The topological polar surface area (TPSA) is 38.8 Å². The molecule has 1 atom stereocenters. The first kappa shape index (κ1) is 16.4. The summed E-state index contributed by atoms with van der Waals surface area (Å²) in [5.74, 6) is -1.17. The maximum Gasteiger partial charge on any atom is 0.314 e. The van der Waals surface area contributed by atoms with Crippen molar-refractivity contribution in [2.45, 2.75) is 12.8 Å². The SMILES string of the molecule is CCOC(=O)C(CN1CCOCC1)c1ccc(Br)c(F)c1. The molecular formula is C15H19BrFNO3. The average molecular weight is 360 g/mol. The van der Waals surface area contributed by atoms with Crippen LogP contribution in [0, 0.1) is 5.82 Å². The second-order valence-electron chi connectivity index (χ2n) is 4.89. The van der Waals surface area contributed by atoms with Crippen LogP contribution in [0.2, 0.25) is 0 Å². The molecule has 1 aliphatic heterocycles. The van der Waals surface area contributed by atoms with Crippen molar-refractivity contribution in [1.29, 1.82) is 0 Å². The highest BCUT2D eigenvalue weighted by molar-refractivity contribution is 9.10. The lowest BCUT2D eigenvalue weighted by atomic mass is 9.98. The van der Waals surface area contributed by atoms with Gasteiger partial charge in [0.15, 0.2) is 0 Å². The summed E-state index contributed by atoms with van der Waals surface area (Å²) in [7, 11) is 0. The van der Waals surface area contributed by atoms with Crippen LogP contribution in [0.25, 0.3) is 0 Å². The highest BCUT2D eigenvalue weighted by atomic mass is 79.9. The van der Waals surface area contributed by atoms with Crippen molar-refractivity contribution in [3.05, 3.63) is 34.1 Å². The molecule has 0 saturated carbocycles. The minimum atomic E-state index is -0.481. The van der Waals surface area contributed by atoms with Gasteiger partial charge in [0, 0.05) is 19.6 Å². The first-order chi connectivity index (χ1) is 10.1. The first-order valence-corrected chi connectivity index (χ1v) is 7.82. The maximum absolute atomic E-state index is 13.7. The molecule has 0 spiro atoms. The van der Waals surface area contributed by atoms with E-state index in [9.17, 15) is 9.18 Å². The Morgan fingerprint density at radius 2 is 2.19 bits per heavy atom. The van der Waals surface area contributed by atoms with Gasteiger partial charge in [-0.25, -0.2) is 4.39 Å². The maximum atomic E-state index is 13.7. The van der Waals surface area contributed by atoms with Gasteiger partial charge in [0.25, 0.3) is 0 Å². The zero-order valence-electron chi connectivity index (χ0n) is 12.0. The minimum absolute atomic E-state index is 0.314. The number of nitrogens with zero attached hydrogens (tertiary/aromatic N) is 1. The number of hydrogen-bond acceptors (Lipinski definition) is 4. The summed E-state index contributed by atoms with van der Waals surface area (Å²) in [6.45, 7) is 5.46. The number of halogens is 2. The van der Waals surface area contributed by atoms with Crippen LogP contribution < -0.4 is 0 Å². The standard InChI is InChI=1S/C15H19BrFNO3/c1-2-21-15(19)12(10-18-5-7-20-8-6-18)11-3-4-13(16)14(17)9-11/h3-4,9,12H,2,5-8,10H2,1H3. The lowest BCUT2D eigenvalue weighted by Crippen LogP contribution is -2.40. The molecule has 1 aromatic rings. The molecule has 0 N–H and O–H groups in total. The van der Waals surface area contributed by atoms with E-state index in [-0.39, 0.29) is 11.8 Å². The van der Waals surface area contributed by atoms with Crippen LogP contribution >= 0.6 is 15.9 Å². The average Bonchev–Trinajstić information content (AvgIpc) is 2.49. The molecule has 116 valence electrons. The highest BCUT2D eigenvalue weighted by Gasteiger charge is 2.26. The van der Waals surface area contributed by atoms with Crippen molar-refractivity contribution in [3.63, 3.8) is 0 Å². The summed E-state index contributed by atoms with van der Waals surface area (Å²) < 4.78 is 24.6. The Balaban J connectivity index is 2.17. The van der Waals surface area contributed by atoms with Gasteiger partial charge in [0.05, 0.1) is 30.2 Å². The van der Waals surface area contributed by atoms with Crippen LogP contribution in [0.4, 0.5) is 4.39 Å². The van der Waals surface area contributed by atoms with E-state index in [1.54, 1.807) is 19.1 Å². The smallest absolute Gasteiger partial charge is 0.314 e. The Morgan fingerprint density at radius 1 is 1.48 bits per heavy atom. The molecule has 1 aliphatic rings. The molecule has 1 unspecified atom stereocenters. The number of carbonyl (C=O) groups is 1. The molecule has 2 rings (SSSR count). The third kappa shape index (κ3) is 4.49. The van der Waals surface area contributed by atoms with Crippen molar-refractivity contribution in [2.75, 3.05) is 39.5 Å². The van der Waals surface area contributed by atoms with Gasteiger partial charge in [-0.05, 0) is 40.5 Å². The number of esters is 1. The summed E-state index contributed by atoms with van der Waals surface area (Å²) >= 11 is 3.13. The summed E-state index contributed by atoms with van der Waals surface area (Å²) in [4.78, 5) is 14.3. The lowest BCUT2D eigenvalue weighted by Gasteiger charge is -2.29. The van der Waals surface area contributed by atoms with Gasteiger partial charge in [-0.3, -0.25) is 9.69 Å². The third-order valence-corrected chi connectivity index (χ3v) is 4.10. The van der Waals surface area contributed by atoms with Crippen molar-refractivity contribution in [2.24, 2.45) is 0 Å². The fraction of sp³-hybridized carbons (Fsp3) is 0.533. The predicted molar refractivity (Wildman–Crippen MR) is 80.7 cm³/mol. The van der Waals surface area contributed by atoms with Crippen LogP contribution in [0.5, 0.6) is 0 Å². The van der Waals surface area contributed by atoms with E-state index >= 15 is 0 Å². The molecule has 1 fully saturated rings. The third-order valence-electron chi connectivity index (χ3n) is 3.46. The molecule has 0 bridgehead atoms. The molecule has 0 aromatic heterocycles. The summed E-state index contributed by atoms with van der Waals surface area (Å²) in [5, 5.41) is 0. The van der Waals surface area contributed by atoms with Gasteiger partial charge in [-0.2, -0.15) is 0 Å². The molecule has 0 radical (unpaired) electrons. The van der Waals surface area contributed by atoms with Gasteiger partial charge >= 0.3 is 5.97 Å². The molecule has 0 amide bonds. The Hall–Kier alpha value is -0.980. The monoisotopic (exact) mass is 359 g/mol. The van der Waals surface area contributed by atoms with E-state index in [0.29, 0.717) is 36.4 Å². The summed E-state index contributed by atoms with van der Waals surface area (Å²) in [5.41, 5.74) is 0.639. The van der Waals surface area contributed by atoms with Crippen LogP contribution in [-0.4, -0.2) is 50.3 Å². The molecule has 4 nitrogen and oxygen atoms in total. The molecule has 1 aromatic carbocycles. The minimum Gasteiger partial charge on any atom is -0.465 e. The largest absolute Gasteiger partial charge is 0.465 e.